The van der Waals surface area contributed by atoms with Gasteiger partial charge in [0.05, 0.1) is 6.42 Å². The van der Waals surface area contributed by atoms with E-state index in [1.807, 2.05) is 11.9 Å². The summed E-state index contributed by atoms with van der Waals surface area (Å²) in [6.07, 6.45) is -1.18. The molecule has 0 bridgehead atoms. The van der Waals surface area contributed by atoms with Crippen LogP contribution in [0.2, 0.25) is 0 Å². The second-order valence-electron chi connectivity index (χ2n) is 5.29. The second kappa shape index (κ2) is 6.11. The van der Waals surface area contributed by atoms with Crippen LogP contribution in [0.25, 0.3) is 0 Å². The number of carbonyl (C=O) groups is 1. The summed E-state index contributed by atoms with van der Waals surface area (Å²) >= 11 is 0. The Kier molecular flexibility index (Phi) is 4.70. The van der Waals surface area contributed by atoms with Crippen LogP contribution in [0.3, 0.4) is 0 Å². The zero-order valence-corrected chi connectivity index (χ0v) is 11.2. The van der Waals surface area contributed by atoms with E-state index in [-0.39, 0.29) is 0 Å². The molecule has 0 spiro atoms. The van der Waals surface area contributed by atoms with Crippen LogP contribution in [-0.2, 0) is 9.53 Å². The van der Waals surface area contributed by atoms with Gasteiger partial charge >= 0.3 is 11.9 Å². The van der Waals surface area contributed by atoms with Crippen LogP contribution in [0.5, 0.6) is 0 Å². The normalized spacial score (nSPS) is 27.8. The summed E-state index contributed by atoms with van der Waals surface area (Å²) in [6.45, 7) is 6.10. The number of nitrogens with zero attached hydrogens (tertiary/aromatic N) is 2. The van der Waals surface area contributed by atoms with Crippen molar-refractivity contribution in [3.63, 3.8) is 0 Å². The number of carbonyl (C=O) groups excluding carboxylic acids is 1. The molecule has 1 N–H and O–H groups in total. The largest absolute Gasteiger partial charge is 0.456 e. The number of esters is 1. The molecule has 110 valence electrons. The Balaban J connectivity index is 1.67. The molecule has 0 saturated carbocycles. The van der Waals surface area contributed by atoms with E-state index in [2.05, 4.69) is 15.0 Å². The number of ether oxygens (including phenoxy) is 1. The lowest BCUT2D eigenvalue weighted by Crippen LogP contribution is -2.46. The predicted molar refractivity (Wildman–Crippen MR) is 66.3 cm³/mol. The van der Waals surface area contributed by atoms with E-state index in [0.29, 0.717) is 6.54 Å². The van der Waals surface area contributed by atoms with Crippen LogP contribution in [-0.4, -0.2) is 80.7 Å². The molecule has 2 aliphatic heterocycles. The summed E-state index contributed by atoms with van der Waals surface area (Å²) < 4.78 is 30.7. The van der Waals surface area contributed by atoms with Crippen molar-refractivity contribution in [2.24, 2.45) is 0 Å². The quantitative estimate of drug-likeness (QED) is 0.704. The van der Waals surface area contributed by atoms with Crippen LogP contribution >= 0.6 is 0 Å². The highest BCUT2D eigenvalue weighted by Gasteiger charge is 2.50. The lowest BCUT2D eigenvalue weighted by Gasteiger charge is -2.29. The zero-order valence-electron chi connectivity index (χ0n) is 11.2. The Morgan fingerprint density at radius 1 is 1.47 bits per heavy atom. The number of piperazine rings is 1. The number of cyclic esters (lactones) is 1. The Morgan fingerprint density at radius 3 is 2.74 bits per heavy atom. The fourth-order valence-corrected chi connectivity index (χ4v) is 2.44. The van der Waals surface area contributed by atoms with Crippen molar-refractivity contribution in [3.8, 4) is 0 Å². The number of hydrogen-bond acceptors (Lipinski definition) is 5. The van der Waals surface area contributed by atoms with Crippen molar-refractivity contribution in [1.82, 2.24) is 15.1 Å². The van der Waals surface area contributed by atoms with Crippen LogP contribution in [0.4, 0.5) is 8.78 Å². The third-order valence-corrected chi connectivity index (χ3v) is 3.58. The van der Waals surface area contributed by atoms with Gasteiger partial charge in [-0.3, -0.25) is 4.90 Å². The molecule has 0 amide bonds. The number of alkyl halides is 2. The van der Waals surface area contributed by atoms with Gasteiger partial charge in [0.15, 0.2) is 0 Å². The molecule has 2 rings (SSSR count). The molecule has 5 nitrogen and oxygen atoms in total. The van der Waals surface area contributed by atoms with Crippen LogP contribution in [0.15, 0.2) is 0 Å². The first-order chi connectivity index (χ1) is 8.97. The standard InChI is InChI=1S/C12H21F2N3O2/c1-16(6-7-17-4-2-15-3-5-17)9-10-8-12(13,14)11(18)19-10/h10,15H,2-9H2,1H3. The summed E-state index contributed by atoms with van der Waals surface area (Å²) in [5.41, 5.74) is 0. The minimum absolute atomic E-state index is 0.368. The average molecular weight is 277 g/mol. The first-order valence-corrected chi connectivity index (χ1v) is 6.68. The highest BCUT2D eigenvalue weighted by Crippen LogP contribution is 2.30. The van der Waals surface area contributed by atoms with Gasteiger partial charge in [-0.05, 0) is 7.05 Å². The summed E-state index contributed by atoms with van der Waals surface area (Å²) in [5.74, 6) is -4.68. The molecule has 2 fully saturated rings. The first kappa shape index (κ1) is 14.6. The zero-order chi connectivity index (χ0) is 13.9. The minimum atomic E-state index is -3.30. The van der Waals surface area contributed by atoms with Crippen molar-refractivity contribution >= 4 is 5.97 Å². The van der Waals surface area contributed by atoms with Gasteiger partial charge < -0.3 is 15.0 Å². The number of nitrogens with one attached hydrogen (secondary N) is 1. The first-order valence-electron chi connectivity index (χ1n) is 6.68. The maximum Gasteiger partial charge on any atom is 0.377 e. The highest BCUT2D eigenvalue weighted by molar-refractivity contribution is 5.79. The maximum absolute atomic E-state index is 13.0. The molecule has 19 heavy (non-hydrogen) atoms. The molecular weight excluding hydrogens is 256 g/mol. The number of likely N-dealkylation sites (N-methyl/N-ethyl adjacent to an activating group) is 1. The molecule has 7 heteroatoms. The summed E-state index contributed by atoms with van der Waals surface area (Å²) in [6, 6.07) is 0. The molecule has 2 saturated heterocycles. The van der Waals surface area contributed by atoms with E-state index >= 15 is 0 Å². The molecule has 2 aliphatic rings. The Bertz CT molecular complexity index is 322. The van der Waals surface area contributed by atoms with Crippen molar-refractivity contribution in [3.05, 3.63) is 0 Å². The monoisotopic (exact) mass is 277 g/mol. The lowest BCUT2D eigenvalue weighted by molar-refractivity contribution is -0.159. The van der Waals surface area contributed by atoms with E-state index in [0.717, 1.165) is 39.3 Å². The second-order valence-corrected chi connectivity index (χ2v) is 5.29. The van der Waals surface area contributed by atoms with Crippen LogP contribution in [0.1, 0.15) is 6.42 Å². The molecule has 0 aromatic rings. The van der Waals surface area contributed by atoms with Crippen molar-refractivity contribution < 1.29 is 18.3 Å². The van der Waals surface area contributed by atoms with E-state index in [9.17, 15) is 13.6 Å². The van der Waals surface area contributed by atoms with Gasteiger partial charge in [-0.15, -0.1) is 0 Å². The van der Waals surface area contributed by atoms with Crippen molar-refractivity contribution in [1.29, 1.82) is 0 Å². The van der Waals surface area contributed by atoms with Crippen molar-refractivity contribution in [2.45, 2.75) is 18.4 Å². The van der Waals surface area contributed by atoms with E-state index in [1.165, 1.54) is 0 Å². The molecule has 1 atom stereocenters. The van der Waals surface area contributed by atoms with Crippen LogP contribution in [0, 0.1) is 0 Å². The predicted octanol–water partition coefficient (Wildman–Crippen LogP) is -0.226. The van der Waals surface area contributed by atoms with Gasteiger partial charge in [-0.1, -0.05) is 0 Å². The van der Waals surface area contributed by atoms with Gasteiger partial charge in [-0.25, -0.2) is 4.79 Å². The third kappa shape index (κ3) is 4.09. The highest BCUT2D eigenvalue weighted by atomic mass is 19.3. The molecule has 0 aromatic heterocycles. The van der Waals surface area contributed by atoms with Gasteiger partial charge in [0.2, 0.25) is 0 Å². The fraction of sp³-hybridized carbons (Fsp3) is 0.917. The summed E-state index contributed by atoms with van der Waals surface area (Å²) in [5, 5.41) is 3.28. The topological polar surface area (TPSA) is 44.8 Å². The van der Waals surface area contributed by atoms with Crippen LogP contribution < -0.4 is 5.32 Å². The smallest absolute Gasteiger partial charge is 0.377 e. The third-order valence-electron chi connectivity index (χ3n) is 3.58. The number of halogens is 2. The molecule has 2 heterocycles. The Labute approximate surface area is 111 Å². The molecule has 0 aromatic carbocycles. The van der Waals surface area contributed by atoms with E-state index in [1.54, 1.807) is 0 Å². The van der Waals surface area contributed by atoms with E-state index in [4.69, 9.17) is 0 Å². The Hall–Kier alpha value is -0.790. The molecular formula is C12H21F2N3O2. The number of rotatable bonds is 5. The minimum Gasteiger partial charge on any atom is -0.456 e. The lowest BCUT2D eigenvalue weighted by atomic mass is 10.2. The van der Waals surface area contributed by atoms with Gasteiger partial charge in [0.1, 0.15) is 6.10 Å². The van der Waals surface area contributed by atoms with E-state index < -0.39 is 24.4 Å². The average Bonchev–Trinajstić information content (AvgIpc) is 2.61. The SMILES string of the molecule is CN(CCN1CCNCC1)CC1CC(F)(F)C(=O)O1. The summed E-state index contributed by atoms with van der Waals surface area (Å²) in [4.78, 5) is 15.2. The maximum atomic E-state index is 13.0. The van der Waals surface area contributed by atoms with Gasteiger partial charge in [0, 0.05) is 45.8 Å². The molecule has 0 aliphatic carbocycles. The fourth-order valence-electron chi connectivity index (χ4n) is 2.44. The van der Waals surface area contributed by atoms with Gasteiger partial charge in [-0.2, -0.15) is 8.78 Å². The van der Waals surface area contributed by atoms with Crippen molar-refractivity contribution in [2.75, 3.05) is 52.9 Å². The summed E-state index contributed by atoms with van der Waals surface area (Å²) in [7, 11) is 1.87. The molecule has 1 unspecified atom stereocenters. The Morgan fingerprint density at radius 2 is 2.16 bits per heavy atom. The molecule has 0 radical (unpaired) electrons. The van der Waals surface area contributed by atoms with Gasteiger partial charge in [0.25, 0.3) is 0 Å². The number of hydrogen-bond donors (Lipinski definition) is 1.